The van der Waals surface area contributed by atoms with E-state index in [4.69, 9.17) is 18.9 Å². The summed E-state index contributed by atoms with van der Waals surface area (Å²) >= 11 is 1.07. The van der Waals surface area contributed by atoms with E-state index in [9.17, 15) is 15.0 Å². The van der Waals surface area contributed by atoms with Crippen molar-refractivity contribution in [3.05, 3.63) is 58.2 Å². The summed E-state index contributed by atoms with van der Waals surface area (Å²) in [5.74, 6) is 0.444. The molecule has 0 amide bonds. The average molecular weight is 443 g/mol. The van der Waals surface area contributed by atoms with Crippen molar-refractivity contribution in [1.29, 1.82) is 0 Å². The van der Waals surface area contributed by atoms with Crippen LogP contribution >= 0.6 is 11.8 Å². The van der Waals surface area contributed by atoms with Crippen LogP contribution in [0.3, 0.4) is 0 Å². The van der Waals surface area contributed by atoms with E-state index in [1.807, 2.05) is 0 Å². The number of thioether (sulfide) groups is 1. The summed E-state index contributed by atoms with van der Waals surface area (Å²) in [5, 5.41) is 21.2. The minimum atomic E-state index is -0.730. The monoisotopic (exact) mass is 443 g/mol. The second-order valence-electron chi connectivity index (χ2n) is 6.21. The van der Waals surface area contributed by atoms with Crippen molar-refractivity contribution in [2.24, 2.45) is 4.99 Å². The van der Waals surface area contributed by atoms with Gasteiger partial charge in [-0.3, -0.25) is 0 Å². The van der Waals surface area contributed by atoms with Crippen molar-refractivity contribution < 1.29 is 34.0 Å². The zero-order valence-electron chi connectivity index (χ0n) is 17.3. The first-order valence-electron chi connectivity index (χ1n) is 9.01. The van der Waals surface area contributed by atoms with Crippen molar-refractivity contribution in [2.75, 3.05) is 28.4 Å². The maximum Gasteiger partial charge on any atom is 0.344 e. The summed E-state index contributed by atoms with van der Waals surface area (Å²) in [6.45, 7) is 0. The zero-order valence-corrected chi connectivity index (χ0v) is 18.1. The van der Waals surface area contributed by atoms with Gasteiger partial charge in [-0.1, -0.05) is 11.8 Å². The number of aliphatic hydroxyl groups is 1. The van der Waals surface area contributed by atoms with E-state index in [0.717, 1.165) is 11.8 Å². The highest BCUT2D eigenvalue weighted by Crippen LogP contribution is 2.42. The fourth-order valence-corrected chi connectivity index (χ4v) is 3.84. The molecule has 0 fully saturated rings. The zero-order chi connectivity index (χ0) is 22.5. The topological polar surface area (TPSA) is 107 Å². The molecule has 3 rings (SSSR count). The Kier molecular flexibility index (Phi) is 6.76. The Morgan fingerprint density at radius 2 is 1.71 bits per heavy atom. The van der Waals surface area contributed by atoms with Crippen LogP contribution in [0.2, 0.25) is 0 Å². The third kappa shape index (κ3) is 4.61. The Bertz CT molecular complexity index is 1110. The molecule has 0 saturated heterocycles. The summed E-state index contributed by atoms with van der Waals surface area (Å²) in [6.07, 6.45) is 1.55. The number of methoxy groups -OCH3 is 4. The van der Waals surface area contributed by atoms with E-state index in [-0.39, 0.29) is 22.1 Å². The normalized spacial score (nSPS) is 16.0. The molecule has 1 aliphatic rings. The Morgan fingerprint density at radius 3 is 2.32 bits per heavy atom. The molecular formula is C22H21NO7S. The molecule has 0 atom stereocenters. The molecule has 8 nitrogen and oxygen atoms in total. The van der Waals surface area contributed by atoms with Gasteiger partial charge in [-0.15, -0.1) is 0 Å². The summed E-state index contributed by atoms with van der Waals surface area (Å²) in [6, 6.07) is 9.79. The highest BCUT2D eigenvalue weighted by molar-refractivity contribution is 8.18. The van der Waals surface area contributed by atoms with Crippen LogP contribution in [0, 0.1) is 0 Å². The number of hydrogen-bond donors (Lipinski definition) is 2. The first kappa shape index (κ1) is 22.1. The van der Waals surface area contributed by atoms with Crippen LogP contribution in [-0.4, -0.2) is 49.7 Å². The number of esters is 1. The van der Waals surface area contributed by atoms with E-state index in [1.165, 1.54) is 34.5 Å². The molecule has 0 saturated carbocycles. The molecular weight excluding hydrogens is 422 g/mol. The van der Waals surface area contributed by atoms with Gasteiger partial charge in [-0.25, -0.2) is 9.79 Å². The van der Waals surface area contributed by atoms with Crippen molar-refractivity contribution in [2.45, 2.75) is 0 Å². The van der Waals surface area contributed by atoms with Crippen molar-refractivity contribution in [3.63, 3.8) is 0 Å². The second-order valence-corrected chi connectivity index (χ2v) is 7.24. The predicted molar refractivity (Wildman–Crippen MR) is 119 cm³/mol. The highest BCUT2D eigenvalue weighted by Gasteiger charge is 2.33. The molecule has 0 aliphatic carbocycles. The van der Waals surface area contributed by atoms with E-state index in [2.05, 4.69) is 4.99 Å². The standard InChI is InChI=1S/C22H21NO7S/c1-27-14-7-5-12(15(24)11-14)9-18-20(25)19(22(26)30-4)21(31-18)23-13-6-8-16(28-2)17(10-13)29-3/h5-11,24-25H,1-4H3. The average Bonchev–Trinajstić information content (AvgIpc) is 3.08. The molecule has 1 aliphatic heterocycles. The van der Waals surface area contributed by atoms with E-state index >= 15 is 0 Å². The van der Waals surface area contributed by atoms with E-state index < -0.39 is 5.97 Å². The third-order valence-corrected chi connectivity index (χ3v) is 5.42. The summed E-state index contributed by atoms with van der Waals surface area (Å²) in [5.41, 5.74) is 0.857. The Labute approximate surface area is 183 Å². The molecule has 2 aromatic carbocycles. The number of ether oxygens (including phenoxy) is 4. The molecule has 9 heteroatoms. The smallest absolute Gasteiger partial charge is 0.344 e. The summed E-state index contributed by atoms with van der Waals surface area (Å²) < 4.78 is 20.4. The Morgan fingerprint density at radius 1 is 0.968 bits per heavy atom. The Balaban J connectivity index is 2.05. The molecule has 2 aromatic rings. The molecule has 0 aromatic heterocycles. The number of aliphatic imine (C=N–C) groups is 1. The van der Waals surface area contributed by atoms with Crippen LogP contribution < -0.4 is 14.2 Å². The predicted octanol–water partition coefficient (Wildman–Crippen LogP) is 4.22. The fraction of sp³-hybridized carbons (Fsp3) is 0.182. The maximum absolute atomic E-state index is 12.3. The maximum atomic E-state index is 12.3. The van der Waals surface area contributed by atoms with Gasteiger partial charge in [-0.05, 0) is 30.3 Å². The van der Waals surface area contributed by atoms with Gasteiger partial charge in [0, 0.05) is 17.7 Å². The van der Waals surface area contributed by atoms with Crippen molar-refractivity contribution in [1.82, 2.24) is 0 Å². The molecule has 0 radical (unpaired) electrons. The number of nitrogens with zero attached hydrogens (tertiary/aromatic N) is 1. The van der Waals surface area contributed by atoms with Crippen LogP contribution in [0.15, 0.2) is 57.6 Å². The van der Waals surface area contributed by atoms with Gasteiger partial charge in [-0.2, -0.15) is 0 Å². The van der Waals surface area contributed by atoms with Crippen LogP contribution in [0.4, 0.5) is 5.69 Å². The number of aliphatic hydroxyl groups excluding tert-OH is 1. The van der Waals surface area contributed by atoms with Crippen molar-refractivity contribution >= 4 is 34.5 Å². The number of carbonyl (C=O) groups is 1. The first-order valence-corrected chi connectivity index (χ1v) is 9.83. The first-order chi connectivity index (χ1) is 14.9. The summed E-state index contributed by atoms with van der Waals surface area (Å²) in [7, 11) is 5.75. The molecule has 0 unspecified atom stereocenters. The number of carbonyl (C=O) groups excluding carboxylic acids is 1. The SMILES string of the molecule is COC(=O)C1=C(O)C(=Cc2ccc(OC)cc2O)SC1=Nc1ccc(OC)c(OC)c1. The van der Waals surface area contributed by atoms with Gasteiger partial charge in [0.2, 0.25) is 0 Å². The van der Waals surface area contributed by atoms with Gasteiger partial charge in [0.1, 0.15) is 27.9 Å². The molecule has 1 heterocycles. The van der Waals surface area contributed by atoms with Crippen LogP contribution in [-0.2, 0) is 9.53 Å². The number of benzene rings is 2. The number of hydrogen-bond acceptors (Lipinski definition) is 9. The van der Waals surface area contributed by atoms with E-state index in [0.29, 0.717) is 33.4 Å². The number of rotatable bonds is 6. The molecule has 2 N–H and O–H groups in total. The lowest BCUT2D eigenvalue weighted by molar-refractivity contribution is -0.135. The number of aromatic hydroxyl groups is 1. The third-order valence-electron chi connectivity index (χ3n) is 4.40. The number of phenols is 1. The lowest BCUT2D eigenvalue weighted by Gasteiger charge is -2.08. The molecule has 0 spiro atoms. The molecule has 162 valence electrons. The van der Waals surface area contributed by atoms with Crippen LogP contribution in [0.5, 0.6) is 23.0 Å². The minimum absolute atomic E-state index is 0.0369. The lowest BCUT2D eigenvalue weighted by atomic mass is 10.1. The second kappa shape index (κ2) is 9.48. The molecule has 31 heavy (non-hydrogen) atoms. The highest BCUT2D eigenvalue weighted by atomic mass is 32.2. The largest absolute Gasteiger partial charge is 0.507 e. The minimum Gasteiger partial charge on any atom is -0.507 e. The van der Waals surface area contributed by atoms with Crippen LogP contribution in [0.1, 0.15) is 5.56 Å². The number of phenolic OH excluding ortho intramolecular Hbond substituents is 1. The van der Waals surface area contributed by atoms with Gasteiger partial charge in [0.15, 0.2) is 11.5 Å². The van der Waals surface area contributed by atoms with Gasteiger partial charge in [0.25, 0.3) is 0 Å². The van der Waals surface area contributed by atoms with Gasteiger partial charge < -0.3 is 29.2 Å². The van der Waals surface area contributed by atoms with Gasteiger partial charge in [0.05, 0.1) is 39.0 Å². The van der Waals surface area contributed by atoms with Crippen LogP contribution in [0.25, 0.3) is 6.08 Å². The van der Waals surface area contributed by atoms with Crippen molar-refractivity contribution in [3.8, 4) is 23.0 Å². The molecule has 0 bridgehead atoms. The lowest BCUT2D eigenvalue weighted by Crippen LogP contribution is -2.10. The van der Waals surface area contributed by atoms with E-state index in [1.54, 1.807) is 36.4 Å². The summed E-state index contributed by atoms with van der Waals surface area (Å²) in [4.78, 5) is 17.1. The fourth-order valence-electron chi connectivity index (χ4n) is 2.82. The van der Waals surface area contributed by atoms with Gasteiger partial charge >= 0.3 is 5.97 Å². The Hall–Kier alpha value is -3.59. The quantitative estimate of drug-likeness (QED) is 0.639.